The molecule has 0 fully saturated rings. The third-order valence-electron chi connectivity index (χ3n) is 5.48. The Balaban J connectivity index is 1.72. The predicted octanol–water partition coefficient (Wildman–Crippen LogP) is 5.03. The molecule has 3 aromatic carbocycles. The van der Waals surface area contributed by atoms with Gasteiger partial charge in [0, 0.05) is 11.9 Å². The van der Waals surface area contributed by atoms with Crippen molar-refractivity contribution in [2.24, 2.45) is 0 Å². The lowest BCUT2D eigenvalue weighted by atomic mass is 10.1. The van der Waals surface area contributed by atoms with Crippen LogP contribution < -0.4 is 5.56 Å². The Morgan fingerprint density at radius 1 is 0.871 bits per heavy atom. The Bertz CT molecular complexity index is 1480. The zero-order valence-corrected chi connectivity index (χ0v) is 16.8. The molecule has 0 aliphatic rings. The van der Waals surface area contributed by atoms with Gasteiger partial charge < -0.3 is 4.57 Å². The van der Waals surface area contributed by atoms with E-state index in [1.165, 1.54) is 35.2 Å². The summed E-state index contributed by atoms with van der Waals surface area (Å²) in [5.41, 5.74) is 4.37. The molecule has 2 aromatic heterocycles. The molecule has 5 aromatic rings. The molecule has 0 spiro atoms. The van der Waals surface area contributed by atoms with Gasteiger partial charge in [-0.05, 0) is 48.4 Å². The van der Waals surface area contributed by atoms with Crippen molar-refractivity contribution in [3.05, 3.63) is 112 Å². The number of fused-ring (bicyclic) bond motifs is 3. The van der Waals surface area contributed by atoms with Crippen LogP contribution in [-0.4, -0.2) is 14.1 Å². The lowest BCUT2D eigenvalue weighted by Gasteiger charge is -2.10. The second-order valence-electron chi connectivity index (χ2n) is 7.74. The van der Waals surface area contributed by atoms with Gasteiger partial charge in [0.25, 0.3) is 5.56 Å². The second-order valence-corrected chi connectivity index (χ2v) is 7.74. The zero-order chi connectivity index (χ0) is 21.5. The Morgan fingerprint density at radius 3 is 2.42 bits per heavy atom. The topological polar surface area (TPSA) is 39.8 Å². The summed E-state index contributed by atoms with van der Waals surface area (Å²) in [6.45, 7) is 2.75. The maximum atomic E-state index is 14.0. The monoisotopic (exact) mass is 415 g/mol. The maximum absolute atomic E-state index is 14.0. The number of hydrogen-bond acceptors (Lipinski definition) is 2. The molecule has 0 atom stereocenters. The van der Waals surface area contributed by atoms with Crippen molar-refractivity contribution in [2.45, 2.75) is 20.0 Å². The fraction of sp³-hybridized carbons (Fsp3) is 0.120. The highest BCUT2D eigenvalue weighted by molar-refractivity contribution is 6.05. The van der Waals surface area contributed by atoms with Crippen LogP contribution in [0.5, 0.6) is 0 Å². The van der Waals surface area contributed by atoms with Crippen LogP contribution >= 0.6 is 0 Å². The van der Waals surface area contributed by atoms with E-state index in [1.807, 2.05) is 29.7 Å². The standard InChI is InChI=1S/C25H19F2N3O/c1-16-3-2-4-18(11-16)14-30-22-10-9-20(27)12-21(22)23-24(30)25(31)29(15-28-23)13-17-5-7-19(26)8-6-17/h2-12,15H,13-14H2,1H3. The van der Waals surface area contributed by atoms with Gasteiger partial charge in [-0.1, -0.05) is 42.0 Å². The average Bonchev–Trinajstić information content (AvgIpc) is 3.05. The smallest absolute Gasteiger partial charge is 0.278 e. The summed E-state index contributed by atoms with van der Waals surface area (Å²) in [4.78, 5) is 18.0. The van der Waals surface area contributed by atoms with Gasteiger partial charge in [-0.25, -0.2) is 13.8 Å². The molecule has 0 aliphatic heterocycles. The van der Waals surface area contributed by atoms with Gasteiger partial charge in [-0.15, -0.1) is 0 Å². The van der Waals surface area contributed by atoms with Gasteiger partial charge >= 0.3 is 0 Å². The highest BCUT2D eigenvalue weighted by Crippen LogP contribution is 2.27. The first-order chi connectivity index (χ1) is 15.0. The molecule has 5 rings (SSSR count). The van der Waals surface area contributed by atoms with E-state index in [-0.39, 0.29) is 23.7 Å². The molecule has 0 N–H and O–H groups in total. The highest BCUT2D eigenvalue weighted by atomic mass is 19.1. The van der Waals surface area contributed by atoms with E-state index in [9.17, 15) is 13.6 Å². The first-order valence-corrected chi connectivity index (χ1v) is 9.96. The fourth-order valence-electron chi connectivity index (χ4n) is 4.03. The number of nitrogens with zero attached hydrogens (tertiary/aromatic N) is 3. The number of hydrogen-bond donors (Lipinski definition) is 0. The van der Waals surface area contributed by atoms with E-state index >= 15 is 0 Å². The molecule has 0 saturated carbocycles. The third kappa shape index (κ3) is 3.50. The van der Waals surface area contributed by atoms with Crippen LogP contribution in [0.15, 0.2) is 77.9 Å². The van der Waals surface area contributed by atoms with Crippen molar-refractivity contribution in [3.8, 4) is 0 Å². The van der Waals surface area contributed by atoms with Gasteiger partial charge in [0.2, 0.25) is 0 Å². The molecule has 0 aliphatic carbocycles. The molecule has 154 valence electrons. The average molecular weight is 415 g/mol. The Morgan fingerprint density at radius 2 is 1.65 bits per heavy atom. The number of benzene rings is 3. The van der Waals surface area contributed by atoms with Crippen molar-refractivity contribution in [1.29, 1.82) is 0 Å². The summed E-state index contributed by atoms with van der Waals surface area (Å²) in [6.07, 6.45) is 1.47. The SMILES string of the molecule is Cc1cccc(Cn2c3ccc(F)cc3c3ncn(Cc4ccc(F)cc4)c(=O)c32)c1. The minimum Gasteiger partial charge on any atom is -0.330 e. The van der Waals surface area contributed by atoms with Gasteiger partial charge in [0.05, 0.1) is 18.4 Å². The quantitative estimate of drug-likeness (QED) is 0.413. The van der Waals surface area contributed by atoms with Crippen molar-refractivity contribution in [1.82, 2.24) is 14.1 Å². The van der Waals surface area contributed by atoms with Crippen LogP contribution in [0.25, 0.3) is 21.9 Å². The molecule has 4 nitrogen and oxygen atoms in total. The van der Waals surface area contributed by atoms with Crippen LogP contribution in [-0.2, 0) is 13.1 Å². The molecule has 2 heterocycles. The Labute approximate surface area is 177 Å². The Hall–Kier alpha value is -3.80. The van der Waals surface area contributed by atoms with E-state index in [1.54, 1.807) is 18.2 Å². The van der Waals surface area contributed by atoms with E-state index in [0.717, 1.165) is 22.2 Å². The summed E-state index contributed by atoms with van der Waals surface area (Å²) >= 11 is 0. The van der Waals surface area contributed by atoms with Gasteiger partial charge in [0.15, 0.2) is 0 Å². The minimum atomic E-state index is -0.376. The number of aromatic nitrogens is 3. The molecule has 31 heavy (non-hydrogen) atoms. The Kier molecular flexibility index (Phi) is 4.62. The van der Waals surface area contributed by atoms with E-state index < -0.39 is 0 Å². The van der Waals surface area contributed by atoms with Crippen molar-refractivity contribution in [2.75, 3.05) is 0 Å². The third-order valence-corrected chi connectivity index (χ3v) is 5.48. The molecular weight excluding hydrogens is 396 g/mol. The molecular formula is C25H19F2N3O. The van der Waals surface area contributed by atoms with Crippen LogP contribution in [0.3, 0.4) is 0 Å². The van der Waals surface area contributed by atoms with Crippen LogP contribution in [0.2, 0.25) is 0 Å². The molecule has 0 bridgehead atoms. The number of rotatable bonds is 4. The first-order valence-electron chi connectivity index (χ1n) is 9.96. The van der Waals surface area contributed by atoms with Gasteiger partial charge in [0.1, 0.15) is 22.7 Å². The molecule has 0 unspecified atom stereocenters. The highest BCUT2D eigenvalue weighted by Gasteiger charge is 2.17. The van der Waals surface area contributed by atoms with Crippen LogP contribution in [0.4, 0.5) is 8.78 Å². The lowest BCUT2D eigenvalue weighted by Crippen LogP contribution is -2.23. The van der Waals surface area contributed by atoms with Gasteiger partial charge in [-0.2, -0.15) is 0 Å². The molecule has 0 saturated heterocycles. The summed E-state index contributed by atoms with van der Waals surface area (Å²) < 4.78 is 30.6. The van der Waals surface area contributed by atoms with Crippen molar-refractivity contribution >= 4 is 21.9 Å². The molecule has 0 radical (unpaired) electrons. The number of halogens is 2. The largest absolute Gasteiger partial charge is 0.330 e. The summed E-state index contributed by atoms with van der Waals surface area (Å²) in [7, 11) is 0. The summed E-state index contributed by atoms with van der Waals surface area (Å²) in [5, 5.41) is 0.605. The van der Waals surface area contributed by atoms with E-state index in [4.69, 9.17) is 0 Å². The molecule has 0 amide bonds. The fourth-order valence-corrected chi connectivity index (χ4v) is 4.03. The minimum absolute atomic E-state index is 0.224. The second kappa shape index (κ2) is 7.47. The summed E-state index contributed by atoms with van der Waals surface area (Å²) in [6, 6.07) is 18.6. The molecule has 6 heteroatoms. The van der Waals surface area contributed by atoms with Crippen LogP contribution in [0, 0.1) is 18.6 Å². The normalized spacial score (nSPS) is 11.5. The first kappa shape index (κ1) is 19.2. The van der Waals surface area contributed by atoms with Crippen LogP contribution in [0.1, 0.15) is 16.7 Å². The number of aryl methyl sites for hydroxylation is 1. The summed E-state index contributed by atoms with van der Waals surface area (Å²) in [5.74, 6) is -0.704. The predicted molar refractivity (Wildman–Crippen MR) is 117 cm³/mol. The van der Waals surface area contributed by atoms with Crippen molar-refractivity contribution in [3.63, 3.8) is 0 Å². The maximum Gasteiger partial charge on any atom is 0.278 e. The van der Waals surface area contributed by atoms with E-state index in [2.05, 4.69) is 11.1 Å². The van der Waals surface area contributed by atoms with Crippen molar-refractivity contribution < 1.29 is 8.78 Å². The van der Waals surface area contributed by atoms with E-state index in [0.29, 0.717) is 23.0 Å². The lowest BCUT2D eigenvalue weighted by molar-refractivity contribution is 0.626. The zero-order valence-electron chi connectivity index (χ0n) is 16.8. The van der Waals surface area contributed by atoms with Gasteiger partial charge in [-0.3, -0.25) is 9.36 Å².